The summed E-state index contributed by atoms with van der Waals surface area (Å²) >= 11 is 3.63. The van der Waals surface area contributed by atoms with Crippen molar-refractivity contribution in [3.8, 4) is 0 Å². The third-order valence-electron chi connectivity index (χ3n) is 1.43. The van der Waals surface area contributed by atoms with E-state index in [9.17, 15) is 13.6 Å². The van der Waals surface area contributed by atoms with E-state index in [4.69, 9.17) is 5.73 Å². The topological polar surface area (TPSA) is 56.0 Å². The average molecular weight is 424 g/mol. The molecule has 0 radical (unpaired) electrons. The maximum atomic E-state index is 12.3. The number of rotatable bonds is 2. The molecule has 1 amide bonds. The highest BCUT2D eigenvalue weighted by Gasteiger charge is 2.17. The lowest BCUT2D eigenvalue weighted by molar-refractivity contribution is 0.0998. The minimum absolute atomic E-state index is 0.0836. The summed E-state index contributed by atoms with van der Waals surface area (Å²) in [6.07, 6.45) is -2.70. The van der Waals surface area contributed by atoms with Crippen molar-refractivity contribution in [1.82, 2.24) is 4.98 Å². The monoisotopic (exact) mass is 424 g/mol. The second kappa shape index (κ2) is 4.64. The van der Waals surface area contributed by atoms with E-state index in [0.29, 0.717) is 7.27 Å². The lowest BCUT2D eigenvalue weighted by Gasteiger charge is -2.05. The van der Waals surface area contributed by atoms with Gasteiger partial charge in [-0.05, 0) is 51.2 Å². The Morgan fingerprint density at radius 3 is 2.50 bits per heavy atom. The molecule has 0 fully saturated rings. The number of carbonyl (C=O) groups is 1. The molecule has 14 heavy (non-hydrogen) atoms. The maximum Gasteiger partial charge on any atom is 0.280 e. The van der Waals surface area contributed by atoms with Gasteiger partial charge >= 0.3 is 0 Å². The third-order valence-corrected chi connectivity index (χ3v) is 4.33. The molecule has 76 valence electrons. The van der Waals surface area contributed by atoms with Gasteiger partial charge in [-0.1, -0.05) is 0 Å². The lowest BCUT2D eigenvalue weighted by Crippen LogP contribution is -2.15. The lowest BCUT2D eigenvalue weighted by atomic mass is 10.2. The van der Waals surface area contributed by atoms with Crippen LogP contribution in [0.3, 0.4) is 0 Å². The maximum absolute atomic E-state index is 12.3. The van der Waals surface area contributed by atoms with Crippen LogP contribution in [0.1, 0.15) is 22.5 Å². The van der Waals surface area contributed by atoms with Crippen LogP contribution in [0.5, 0.6) is 0 Å². The molecule has 0 spiro atoms. The molecule has 0 aliphatic carbocycles. The van der Waals surface area contributed by atoms with E-state index in [2.05, 4.69) is 4.98 Å². The molecule has 0 aliphatic heterocycles. The molecule has 0 unspecified atom stereocenters. The van der Waals surface area contributed by atoms with Gasteiger partial charge in [0.15, 0.2) is 0 Å². The van der Waals surface area contributed by atoms with Crippen molar-refractivity contribution in [3.05, 3.63) is 24.6 Å². The van der Waals surface area contributed by atoms with Gasteiger partial charge in [-0.2, -0.15) is 0 Å². The molecule has 1 rings (SSSR count). The molecule has 0 aliphatic rings. The number of halogens is 4. The van der Waals surface area contributed by atoms with E-state index in [1.165, 1.54) is 0 Å². The Bertz CT molecular complexity index is 384. The molecule has 0 bridgehead atoms. The molecule has 1 aromatic heterocycles. The molecule has 7 heteroatoms. The molecule has 2 N–H and O–H groups in total. The Morgan fingerprint density at radius 2 is 2.07 bits per heavy atom. The van der Waals surface area contributed by atoms with Crippen LogP contribution in [0, 0.1) is 7.27 Å². The van der Waals surface area contributed by atoms with Crippen LogP contribution in [0.25, 0.3) is 0 Å². The minimum atomic E-state index is -2.70. The first-order chi connectivity index (χ1) is 6.43. The number of alkyl halides is 2. The highest BCUT2D eigenvalue weighted by atomic mass is 127. The normalized spacial score (nSPS) is 10.6. The van der Waals surface area contributed by atoms with E-state index >= 15 is 0 Å². The predicted molar refractivity (Wildman–Crippen MR) is 63.1 cm³/mol. The van der Waals surface area contributed by atoms with Crippen LogP contribution in [-0.2, 0) is 0 Å². The Labute approximate surface area is 106 Å². The highest BCUT2D eigenvalue weighted by Crippen LogP contribution is 2.23. The fraction of sp³-hybridized carbons (Fsp3) is 0.143. The van der Waals surface area contributed by atoms with Crippen LogP contribution in [-0.4, -0.2) is 10.9 Å². The van der Waals surface area contributed by atoms with E-state index in [1.807, 2.05) is 22.6 Å². The summed E-state index contributed by atoms with van der Waals surface area (Å²) in [7, 11) is 0. The predicted octanol–water partition coefficient (Wildman–Crippen LogP) is 2.33. The summed E-state index contributed by atoms with van der Waals surface area (Å²) in [5.74, 6) is -0.725. The van der Waals surface area contributed by atoms with Crippen LogP contribution >= 0.6 is 45.2 Å². The number of primary amides is 1. The quantitative estimate of drug-likeness (QED) is 0.586. The molecular weight excluding hydrogens is 420 g/mol. The second-order valence-corrected chi connectivity index (χ2v) is 4.46. The fourth-order valence-electron chi connectivity index (χ4n) is 0.808. The molecule has 0 saturated heterocycles. The van der Waals surface area contributed by atoms with Gasteiger partial charge in [0, 0.05) is 0 Å². The summed E-state index contributed by atoms with van der Waals surface area (Å²) in [6.45, 7) is 0. The molecule has 0 atom stereocenters. The molecule has 0 saturated carbocycles. The molecule has 0 aromatic carbocycles. The zero-order valence-corrected chi connectivity index (χ0v) is 10.9. The average Bonchev–Trinajstić information content (AvgIpc) is 2.08. The number of nitrogens with two attached hydrogens (primary N) is 1. The van der Waals surface area contributed by atoms with E-state index in [0.717, 1.165) is 6.07 Å². The summed E-state index contributed by atoms with van der Waals surface area (Å²) < 4.78 is 25.5. The number of aromatic nitrogens is 1. The van der Waals surface area contributed by atoms with Crippen molar-refractivity contribution in [2.75, 3.05) is 0 Å². The zero-order chi connectivity index (χ0) is 10.9. The second-order valence-electron chi connectivity index (χ2n) is 2.36. The Balaban J connectivity index is 3.35. The van der Waals surface area contributed by atoms with Gasteiger partial charge in [-0.25, -0.2) is 13.8 Å². The zero-order valence-electron chi connectivity index (χ0n) is 6.60. The van der Waals surface area contributed by atoms with E-state index in [1.54, 1.807) is 22.6 Å². The summed E-state index contributed by atoms with van der Waals surface area (Å²) in [6, 6.07) is 1.02. The largest absolute Gasteiger partial charge is 0.366 e. The van der Waals surface area contributed by atoms with Gasteiger partial charge < -0.3 is 5.73 Å². The first-order valence-corrected chi connectivity index (χ1v) is 5.53. The van der Waals surface area contributed by atoms with Gasteiger partial charge in [-0.3, -0.25) is 4.79 Å². The standard InChI is InChI=1S/C7H4F2I2N2O/c8-5(9)3-1-2(7(12)14)4(10)6(11)13-3/h1,5H,(H2,12,14). The van der Waals surface area contributed by atoms with Gasteiger partial charge in [0.2, 0.25) is 5.91 Å². The Morgan fingerprint density at radius 1 is 1.50 bits per heavy atom. The van der Waals surface area contributed by atoms with Crippen molar-refractivity contribution < 1.29 is 13.6 Å². The highest BCUT2D eigenvalue weighted by molar-refractivity contribution is 14.1. The number of hydrogen-bond donors (Lipinski definition) is 1. The van der Waals surface area contributed by atoms with Crippen molar-refractivity contribution in [3.63, 3.8) is 0 Å². The third kappa shape index (κ3) is 2.49. The number of nitrogens with zero attached hydrogens (tertiary/aromatic N) is 1. The number of carbonyl (C=O) groups excluding carboxylic acids is 1. The number of amides is 1. The fourth-order valence-corrected chi connectivity index (χ4v) is 1.92. The number of pyridine rings is 1. The van der Waals surface area contributed by atoms with Crippen molar-refractivity contribution in [1.29, 1.82) is 0 Å². The van der Waals surface area contributed by atoms with Crippen molar-refractivity contribution in [2.24, 2.45) is 5.73 Å². The summed E-state index contributed by atoms with van der Waals surface area (Å²) in [5.41, 5.74) is 4.69. The SMILES string of the molecule is NC(=O)c1cc(C(F)F)nc(I)c1I. The number of hydrogen-bond acceptors (Lipinski definition) is 2. The first-order valence-electron chi connectivity index (χ1n) is 3.37. The Hall–Kier alpha value is -0.0600. The molecule has 1 heterocycles. The van der Waals surface area contributed by atoms with Crippen LogP contribution in [0.15, 0.2) is 6.07 Å². The smallest absolute Gasteiger partial charge is 0.280 e. The summed E-state index contributed by atoms with van der Waals surface area (Å²) in [5, 5.41) is 0. The van der Waals surface area contributed by atoms with Gasteiger partial charge in [0.05, 0.1) is 9.13 Å². The van der Waals surface area contributed by atoms with E-state index in [-0.39, 0.29) is 5.56 Å². The minimum Gasteiger partial charge on any atom is -0.366 e. The van der Waals surface area contributed by atoms with Crippen LogP contribution in [0.4, 0.5) is 8.78 Å². The Kier molecular flexibility index (Phi) is 3.98. The van der Waals surface area contributed by atoms with Gasteiger partial charge in [0.25, 0.3) is 6.43 Å². The van der Waals surface area contributed by atoms with Crippen molar-refractivity contribution in [2.45, 2.75) is 6.43 Å². The molecule has 1 aromatic rings. The van der Waals surface area contributed by atoms with Gasteiger partial charge in [-0.15, -0.1) is 0 Å². The molecular formula is C7H4F2I2N2O. The van der Waals surface area contributed by atoms with Crippen LogP contribution in [0.2, 0.25) is 0 Å². The molecule has 3 nitrogen and oxygen atoms in total. The van der Waals surface area contributed by atoms with E-state index < -0.39 is 18.0 Å². The summed E-state index contributed by atoms with van der Waals surface area (Å²) in [4.78, 5) is 14.5. The van der Waals surface area contributed by atoms with Gasteiger partial charge in [0.1, 0.15) is 9.39 Å². The van der Waals surface area contributed by atoms with Crippen molar-refractivity contribution >= 4 is 51.1 Å². The van der Waals surface area contributed by atoms with Crippen LogP contribution < -0.4 is 5.73 Å². The first kappa shape index (κ1) is 12.0.